The van der Waals surface area contributed by atoms with Crippen LogP contribution in [0.1, 0.15) is 49.8 Å². The highest BCUT2D eigenvalue weighted by Gasteiger charge is 2.37. The van der Waals surface area contributed by atoms with Gasteiger partial charge in [0.25, 0.3) is 0 Å². The van der Waals surface area contributed by atoms with Gasteiger partial charge in [0.2, 0.25) is 10.0 Å². The van der Waals surface area contributed by atoms with E-state index >= 15 is 0 Å². The Morgan fingerprint density at radius 2 is 1.80 bits per heavy atom. The molecule has 2 rings (SSSR count). The molecule has 0 heterocycles. The molecule has 0 fully saturated rings. The molecular weight excluding hydrogens is 394 g/mol. The molecule has 0 aliphatic heterocycles. The van der Waals surface area contributed by atoms with Crippen LogP contribution in [0.3, 0.4) is 0 Å². The maximum Gasteiger partial charge on any atom is 0.246 e. The van der Waals surface area contributed by atoms with E-state index in [2.05, 4.69) is 19.4 Å². The number of benzene rings is 2. The molecule has 0 unspecified atom stereocenters. The molecule has 4 nitrogen and oxygen atoms in total. The fourth-order valence-electron chi connectivity index (χ4n) is 3.26. The second kappa shape index (κ2) is 11.7. The minimum absolute atomic E-state index is 0.204. The van der Waals surface area contributed by atoms with Gasteiger partial charge in [0, 0.05) is 13.0 Å². The molecule has 0 aliphatic rings. The molecule has 0 aliphatic carbocycles. The second-order valence-corrected chi connectivity index (χ2v) is 9.03. The Morgan fingerprint density at radius 1 is 1.13 bits per heavy atom. The molecule has 0 radical (unpaired) electrons. The van der Waals surface area contributed by atoms with Crippen molar-refractivity contribution in [3.8, 4) is 12.3 Å². The summed E-state index contributed by atoms with van der Waals surface area (Å²) in [7, 11) is -3.90. The predicted molar refractivity (Wildman–Crippen MR) is 122 cm³/mol. The summed E-state index contributed by atoms with van der Waals surface area (Å²) in [5.41, 5.74) is 1.80. The molecule has 2 aromatic carbocycles. The zero-order valence-electron chi connectivity index (χ0n) is 17.8. The fraction of sp³-hybridized carbons (Fsp3) is 0.360. The van der Waals surface area contributed by atoms with E-state index < -0.39 is 22.3 Å². The predicted octanol–water partition coefficient (Wildman–Crippen LogP) is 5.47. The highest BCUT2D eigenvalue weighted by Crippen LogP contribution is 2.33. The molecule has 0 N–H and O–H groups in total. The summed E-state index contributed by atoms with van der Waals surface area (Å²) in [5, 5.41) is 0. The summed E-state index contributed by atoms with van der Waals surface area (Å²) in [6.45, 7) is 8.33. The van der Waals surface area contributed by atoms with E-state index in [1.165, 1.54) is 10.4 Å². The van der Waals surface area contributed by atoms with Gasteiger partial charge in [-0.2, -0.15) is 4.31 Å². The third-order valence-electron chi connectivity index (χ3n) is 4.89. The standard InChI is InChI=1S/C25H31NO3S/c1-5-8-12-20-29-25(7-3)26(24(13-6-2)22-14-10-9-11-15-22)30(27,28)23-18-16-21(4)17-19-23/h2,7,9-11,14-19,24-25H,3,5,8,12-13,20H2,1,4H3/t24-,25+/m0/s1. The maximum atomic E-state index is 13.8. The lowest BCUT2D eigenvalue weighted by atomic mass is 10.0. The quantitative estimate of drug-likeness (QED) is 0.196. The Kier molecular flexibility index (Phi) is 9.32. The maximum absolute atomic E-state index is 13.8. The number of hydrogen-bond acceptors (Lipinski definition) is 3. The van der Waals surface area contributed by atoms with Gasteiger partial charge in [-0.25, -0.2) is 8.42 Å². The Hall–Kier alpha value is -2.39. The molecule has 0 bridgehead atoms. The highest BCUT2D eigenvalue weighted by molar-refractivity contribution is 7.89. The van der Waals surface area contributed by atoms with Crippen LogP contribution in [0.5, 0.6) is 0 Å². The number of nitrogens with zero attached hydrogens (tertiary/aromatic N) is 1. The van der Waals surface area contributed by atoms with Crippen LogP contribution in [0.25, 0.3) is 0 Å². The van der Waals surface area contributed by atoms with Crippen molar-refractivity contribution in [2.45, 2.75) is 56.7 Å². The first-order valence-corrected chi connectivity index (χ1v) is 11.7. The largest absolute Gasteiger partial charge is 0.358 e. The summed E-state index contributed by atoms with van der Waals surface area (Å²) in [6.07, 6.45) is 9.49. The molecule has 0 aromatic heterocycles. The van der Waals surface area contributed by atoms with E-state index in [1.807, 2.05) is 37.3 Å². The number of unbranched alkanes of at least 4 members (excludes halogenated alkanes) is 2. The minimum atomic E-state index is -3.90. The summed E-state index contributed by atoms with van der Waals surface area (Å²) < 4.78 is 34.9. The number of terminal acetylenes is 1. The van der Waals surface area contributed by atoms with Crippen LogP contribution >= 0.6 is 0 Å². The lowest BCUT2D eigenvalue weighted by molar-refractivity contribution is -0.00368. The highest BCUT2D eigenvalue weighted by atomic mass is 32.2. The van der Waals surface area contributed by atoms with Crippen molar-refractivity contribution < 1.29 is 13.2 Å². The van der Waals surface area contributed by atoms with Gasteiger partial charge in [0.05, 0.1) is 10.9 Å². The normalized spacial score (nSPS) is 13.5. The molecule has 160 valence electrons. The van der Waals surface area contributed by atoms with Gasteiger partial charge in [-0.15, -0.1) is 12.3 Å². The number of hydrogen-bond donors (Lipinski definition) is 0. The average Bonchev–Trinajstić information content (AvgIpc) is 2.75. The van der Waals surface area contributed by atoms with Crippen LogP contribution in [0, 0.1) is 19.3 Å². The number of sulfonamides is 1. The Bertz CT molecular complexity index is 931. The van der Waals surface area contributed by atoms with Gasteiger partial charge < -0.3 is 4.74 Å². The second-order valence-electron chi connectivity index (χ2n) is 7.19. The van der Waals surface area contributed by atoms with E-state index in [9.17, 15) is 8.42 Å². The minimum Gasteiger partial charge on any atom is -0.358 e. The molecule has 0 saturated carbocycles. The van der Waals surface area contributed by atoms with Crippen LogP contribution in [-0.4, -0.2) is 25.6 Å². The van der Waals surface area contributed by atoms with E-state index in [1.54, 1.807) is 24.3 Å². The third kappa shape index (κ3) is 6.06. The van der Waals surface area contributed by atoms with E-state index in [0.29, 0.717) is 6.61 Å². The van der Waals surface area contributed by atoms with Crippen molar-refractivity contribution in [3.05, 3.63) is 78.4 Å². The number of aryl methyl sites for hydroxylation is 1. The van der Waals surface area contributed by atoms with Crippen molar-refractivity contribution in [2.75, 3.05) is 6.61 Å². The topological polar surface area (TPSA) is 46.6 Å². The van der Waals surface area contributed by atoms with Gasteiger partial charge in [0.15, 0.2) is 0 Å². The summed E-state index contributed by atoms with van der Waals surface area (Å²) in [4.78, 5) is 0.204. The van der Waals surface area contributed by atoms with Crippen molar-refractivity contribution in [3.63, 3.8) is 0 Å². The molecule has 0 amide bonds. The van der Waals surface area contributed by atoms with E-state index in [-0.39, 0.29) is 11.3 Å². The zero-order valence-corrected chi connectivity index (χ0v) is 18.6. The van der Waals surface area contributed by atoms with Crippen LogP contribution in [0.2, 0.25) is 0 Å². The lowest BCUT2D eigenvalue weighted by Gasteiger charge is -2.35. The van der Waals surface area contributed by atoms with Crippen molar-refractivity contribution in [1.82, 2.24) is 4.31 Å². The Labute approximate surface area is 181 Å². The summed E-state index contributed by atoms with van der Waals surface area (Å²) in [5.74, 6) is 2.64. The van der Waals surface area contributed by atoms with Crippen LogP contribution < -0.4 is 0 Å². The van der Waals surface area contributed by atoms with Gasteiger partial charge >= 0.3 is 0 Å². The number of ether oxygens (including phenoxy) is 1. The monoisotopic (exact) mass is 425 g/mol. The first-order chi connectivity index (χ1) is 14.5. The molecular formula is C25H31NO3S. The number of rotatable bonds is 12. The van der Waals surface area contributed by atoms with Crippen LogP contribution in [0.4, 0.5) is 0 Å². The van der Waals surface area contributed by atoms with E-state index in [0.717, 1.165) is 30.4 Å². The smallest absolute Gasteiger partial charge is 0.246 e. The lowest BCUT2D eigenvalue weighted by Crippen LogP contribution is -2.43. The molecule has 5 heteroatoms. The zero-order chi connectivity index (χ0) is 22.0. The summed E-state index contributed by atoms with van der Waals surface area (Å²) in [6, 6.07) is 15.6. The molecule has 0 spiro atoms. The molecule has 30 heavy (non-hydrogen) atoms. The fourth-order valence-corrected chi connectivity index (χ4v) is 4.93. The van der Waals surface area contributed by atoms with Crippen LogP contribution in [0.15, 0.2) is 72.1 Å². The van der Waals surface area contributed by atoms with Gasteiger partial charge in [0.1, 0.15) is 6.23 Å². The van der Waals surface area contributed by atoms with E-state index in [4.69, 9.17) is 11.2 Å². The van der Waals surface area contributed by atoms with Crippen molar-refractivity contribution >= 4 is 10.0 Å². The molecule has 2 aromatic rings. The Balaban J connectivity index is 2.53. The van der Waals surface area contributed by atoms with Crippen molar-refractivity contribution in [1.29, 1.82) is 0 Å². The third-order valence-corrected chi connectivity index (χ3v) is 6.77. The van der Waals surface area contributed by atoms with Crippen molar-refractivity contribution in [2.24, 2.45) is 0 Å². The first-order valence-electron chi connectivity index (χ1n) is 10.3. The summed E-state index contributed by atoms with van der Waals surface area (Å²) >= 11 is 0. The molecule has 2 atom stereocenters. The van der Waals surface area contributed by atoms with Gasteiger partial charge in [-0.3, -0.25) is 0 Å². The average molecular weight is 426 g/mol. The SMILES string of the molecule is C#CC[C@@H](c1ccccc1)N([C@@H](C=C)OCCCCC)S(=O)(=O)c1ccc(C)cc1. The Morgan fingerprint density at radius 3 is 2.37 bits per heavy atom. The van der Waals surface area contributed by atoms with Crippen LogP contribution in [-0.2, 0) is 14.8 Å². The first kappa shape index (κ1) is 23.9. The van der Waals surface area contributed by atoms with Gasteiger partial charge in [-0.05, 0) is 37.1 Å². The van der Waals surface area contributed by atoms with Gasteiger partial charge in [-0.1, -0.05) is 74.4 Å². The molecule has 0 saturated heterocycles.